The number of ether oxygens (including phenoxy) is 1. The SMILES string of the molecule is COc1ccc2c(c1)[C@@]1(C)CCCCC[C@@H](C2)[C@@H]1NCc1ccccc1. The normalized spacial score (nSPS) is 27.9. The average molecular weight is 350 g/mol. The Morgan fingerprint density at radius 1 is 1.08 bits per heavy atom. The zero-order chi connectivity index (χ0) is 18.0. The summed E-state index contributed by atoms with van der Waals surface area (Å²) in [4.78, 5) is 0. The Labute approximate surface area is 158 Å². The maximum atomic E-state index is 5.56. The minimum absolute atomic E-state index is 0.183. The molecule has 3 atom stereocenters. The molecule has 0 amide bonds. The quantitative estimate of drug-likeness (QED) is 0.814. The van der Waals surface area contributed by atoms with E-state index in [-0.39, 0.29) is 5.41 Å². The first-order valence-electron chi connectivity index (χ1n) is 10.2. The van der Waals surface area contributed by atoms with Crippen LogP contribution in [-0.2, 0) is 18.4 Å². The van der Waals surface area contributed by atoms with Crippen molar-refractivity contribution >= 4 is 0 Å². The molecule has 0 heterocycles. The van der Waals surface area contributed by atoms with Gasteiger partial charge in [-0.25, -0.2) is 0 Å². The van der Waals surface area contributed by atoms with Crippen LogP contribution in [0.4, 0.5) is 0 Å². The minimum atomic E-state index is 0.183. The molecule has 0 aliphatic heterocycles. The summed E-state index contributed by atoms with van der Waals surface area (Å²) in [6, 6.07) is 18.1. The molecular weight excluding hydrogens is 318 g/mol. The highest BCUT2D eigenvalue weighted by molar-refractivity contribution is 5.44. The molecule has 1 fully saturated rings. The van der Waals surface area contributed by atoms with Crippen LogP contribution in [0.5, 0.6) is 5.75 Å². The second kappa shape index (κ2) is 7.44. The van der Waals surface area contributed by atoms with Crippen molar-refractivity contribution in [3.05, 3.63) is 65.2 Å². The third kappa shape index (κ3) is 3.27. The van der Waals surface area contributed by atoms with E-state index in [9.17, 15) is 0 Å². The van der Waals surface area contributed by atoms with E-state index in [0.29, 0.717) is 6.04 Å². The number of benzene rings is 2. The summed E-state index contributed by atoms with van der Waals surface area (Å²) in [5.41, 5.74) is 4.61. The average Bonchev–Trinajstić information content (AvgIpc) is 2.67. The van der Waals surface area contributed by atoms with Crippen LogP contribution in [-0.4, -0.2) is 13.2 Å². The fraction of sp³-hybridized carbons (Fsp3) is 0.500. The molecule has 2 bridgehead atoms. The van der Waals surface area contributed by atoms with E-state index >= 15 is 0 Å². The van der Waals surface area contributed by atoms with E-state index in [0.717, 1.165) is 18.2 Å². The van der Waals surface area contributed by atoms with Gasteiger partial charge in [-0.15, -0.1) is 0 Å². The maximum absolute atomic E-state index is 5.56. The molecule has 138 valence electrons. The summed E-state index contributed by atoms with van der Waals surface area (Å²) >= 11 is 0. The Kier molecular flexibility index (Phi) is 5.04. The predicted octanol–water partition coefficient (Wildman–Crippen LogP) is 5.25. The molecule has 4 rings (SSSR count). The lowest BCUT2D eigenvalue weighted by molar-refractivity contribution is 0.165. The van der Waals surface area contributed by atoms with Gasteiger partial charge in [-0.05, 0) is 54.0 Å². The second-order valence-electron chi connectivity index (χ2n) is 8.35. The van der Waals surface area contributed by atoms with Gasteiger partial charge in [-0.3, -0.25) is 0 Å². The van der Waals surface area contributed by atoms with Gasteiger partial charge in [-0.1, -0.05) is 62.6 Å². The zero-order valence-electron chi connectivity index (χ0n) is 16.1. The van der Waals surface area contributed by atoms with Gasteiger partial charge in [0.2, 0.25) is 0 Å². The molecule has 26 heavy (non-hydrogen) atoms. The number of hydrogen-bond donors (Lipinski definition) is 1. The number of hydrogen-bond acceptors (Lipinski definition) is 2. The van der Waals surface area contributed by atoms with Crippen molar-refractivity contribution in [3.8, 4) is 5.75 Å². The van der Waals surface area contributed by atoms with E-state index in [1.165, 1.54) is 55.2 Å². The van der Waals surface area contributed by atoms with Crippen molar-refractivity contribution in [3.63, 3.8) is 0 Å². The number of nitrogens with one attached hydrogen (secondary N) is 1. The van der Waals surface area contributed by atoms with E-state index in [4.69, 9.17) is 4.74 Å². The Morgan fingerprint density at radius 3 is 2.73 bits per heavy atom. The third-order valence-corrected chi connectivity index (χ3v) is 6.71. The van der Waals surface area contributed by atoms with Crippen LogP contribution in [0.25, 0.3) is 0 Å². The van der Waals surface area contributed by atoms with Gasteiger partial charge in [-0.2, -0.15) is 0 Å². The standard InChI is InChI=1S/C24H31NO/c1-24-14-8-4-7-11-20(15-19-12-13-21(26-2)16-22(19)24)23(24)25-17-18-9-5-3-6-10-18/h3,5-6,9-10,12-13,16,20,23,25H,4,7-8,11,14-15,17H2,1-2H3/t20-,23-,24+/m0/s1. The molecule has 1 N–H and O–H groups in total. The molecule has 0 aromatic heterocycles. The highest BCUT2D eigenvalue weighted by atomic mass is 16.5. The van der Waals surface area contributed by atoms with Crippen molar-refractivity contribution in [2.24, 2.45) is 5.92 Å². The molecule has 0 spiro atoms. The van der Waals surface area contributed by atoms with Crippen molar-refractivity contribution in [1.82, 2.24) is 5.32 Å². The smallest absolute Gasteiger partial charge is 0.119 e. The number of methoxy groups -OCH3 is 1. The molecule has 2 aromatic rings. The highest BCUT2D eigenvalue weighted by Crippen LogP contribution is 2.47. The Hall–Kier alpha value is -1.80. The van der Waals surface area contributed by atoms with E-state index < -0.39 is 0 Å². The molecule has 1 saturated carbocycles. The van der Waals surface area contributed by atoms with Crippen LogP contribution in [0.3, 0.4) is 0 Å². The minimum Gasteiger partial charge on any atom is -0.497 e. The first-order chi connectivity index (χ1) is 12.7. The predicted molar refractivity (Wildman–Crippen MR) is 108 cm³/mol. The van der Waals surface area contributed by atoms with Crippen LogP contribution >= 0.6 is 0 Å². The number of fused-ring (bicyclic) bond motifs is 4. The lowest BCUT2D eigenvalue weighted by Gasteiger charge is -2.49. The summed E-state index contributed by atoms with van der Waals surface area (Å²) in [5.74, 6) is 1.72. The van der Waals surface area contributed by atoms with E-state index in [1.807, 2.05) is 0 Å². The van der Waals surface area contributed by atoms with Crippen molar-refractivity contribution in [1.29, 1.82) is 0 Å². The van der Waals surface area contributed by atoms with Gasteiger partial charge in [0, 0.05) is 18.0 Å². The summed E-state index contributed by atoms with van der Waals surface area (Å²) < 4.78 is 5.56. The lowest BCUT2D eigenvalue weighted by atomic mass is 9.59. The first kappa shape index (κ1) is 17.6. The van der Waals surface area contributed by atoms with Crippen molar-refractivity contribution in [2.45, 2.75) is 63.5 Å². The lowest BCUT2D eigenvalue weighted by Crippen LogP contribution is -2.55. The Morgan fingerprint density at radius 2 is 1.92 bits per heavy atom. The van der Waals surface area contributed by atoms with Gasteiger partial charge in [0.05, 0.1) is 7.11 Å². The molecular formula is C24H31NO. The van der Waals surface area contributed by atoms with Crippen LogP contribution in [0.15, 0.2) is 48.5 Å². The molecule has 0 unspecified atom stereocenters. The molecule has 2 aliphatic carbocycles. The van der Waals surface area contributed by atoms with Gasteiger partial charge < -0.3 is 10.1 Å². The van der Waals surface area contributed by atoms with Gasteiger partial charge in [0.1, 0.15) is 5.75 Å². The second-order valence-corrected chi connectivity index (χ2v) is 8.35. The summed E-state index contributed by atoms with van der Waals surface area (Å²) in [5, 5.41) is 3.99. The van der Waals surface area contributed by atoms with Crippen LogP contribution < -0.4 is 10.1 Å². The molecule has 0 radical (unpaired) electrons. The van der Waals surface area contributed by atoms with E-state index in [1.54, 1.807) is 7.11 Å². The van der Waals surface area contributed by atoms with E-state index in [2.05, 4.69) is 60.8 Å². The molecule has 2 nitrogen and oxygen atoms in total. The fourth-order valence-electron chi connectivity index (χ4n) is 5.33. The maximum Gasteiger partial charge on any atom is 0.119 e. The summed E-state index contributed by atoms with van der Waals surface area (Å²) in [6.07, 6.45) is 7.86. The third-order valence-electron chi connectivity index (χ3n) is 6.71. The summed E-state index contributed by atoms with van der Waals surface area (Å²) in [7, 11) is 1.78. The van der Waals surface area contributed by atoms with Crippen LogP contribution in [0, 0.1) is 5.92 Å². The molecule has 2 aromatic carbocycles. The number of rotatable bonds is 4. The molecule has 2 heteroatoms. The Bertz CT molecular complexity index is 741. The van der Waals surface area contributed by atoms with Crippen LogP contribution in [0.1, 0.15) is 55.7 Å². The Balaban J connectivity index is 1.68. The molecule has 2 aliphatic rings. The first-order valence-corrected chi connectivity index (χ1v) is 10.2. The fourth-order valence-corrected chi connectivity index (χ4v) is 5.33. The van der Waals surface area contributed by atoms with Gasteiger partial charge in [0.25, 0.3) is 0 Å². The monoisotopic (exact) mass is 349 g/mol. The summed E-state index contributed by atoms with van der Waals surface area (Å²) in [6.45, 7) is 3.45. The molecule has 0 saturated heterocycles. The van der Waals surface area contributed by atoms with Crippen molar-refractivity contribution < 1.29 is 4.74 Å². The largest absolute Gasteiger partial charge is 0.497 e. The highest BCUT2D eigenvalue weighted by Gasteiger charge is 2.45. The van der Waals surface area contributed by atoms with Crippen molar-refractivity contribution in [2.75, 3.05) is 7.11 Å². The van der Waals surface area contributed by atoms with Crippen LogP contribution in [0.2, 0.25) is 0 Å². The van der Waals surface area contributed by atoms with Gasteiger partial charge in [0.15, 0.2) is 0 Å². The zero-order valence-corrected chi connectivity index (χ0v) is 16.1. The van der Waals surface area contributed by atoms with Gasteiger partial charge >= 0.3 is 0 Å². The topological polar surface area (TPSA) is 21.3 Å².